The van der Waals surface area contributed by atoms with Gasteiger partial charge in [-0.25, -0.2) is 0 Å². The van der Waals surface area contributed by atoms with Gasteiger partial charge in [0.25, 0.3) is 0 Å². The second kappa shape index (κ2) is 6.69. The first-order valence-corrected chi connectivity index (χ1v) is 5.04. The molecule has 84 valence electrons. The number of ether oxygens (including phenoxy) is 2. The van der Waals surface area contributed by atoms with E-state index in [1.165, 1.54) is 0 Å². The second-order valence-electron chi connectivity index (χ2n) is 3.38. The quantitative estimate of drug-likeness (QED) is 0.258. The minimum Gasteiger partial charge on any atom is -0.878 e. The van der Waals surface area contributed by atoms with Gasteiger partial charge in [-0.2, -0.15) is 0 Å². The van der Waals surface area contributed by atoms with Crippen molar-refractivity contribution in [1.29, 1.82) is 0 Å². The minimum atomic E-state index is -0.328. The Morgan fingerprint density at radius 1 is 1.24 bits per heavy atom. The molecule has 1 aliphatic heterocycles. The molecule has 0 amide bonds. The Labute approximate surface area is 122 Å². The average Bonchev–Trinajstić information content (AvgIpc) is 2.53. The molecule has 0 spiro atoms. The Hall–Kier alpha value is -0.970. The third-order valence-corrected chi connectivity index (χ3v) is 2.25. The first-order valence-electron chi connectivity index (χ1n) is 5.04. The molecular weight excluding hydrogens is 231 g/mol. The number of carbonyl (C=O) groups excluding carboxylic acids is 1. The summed E-state index contributed by atoms with van der Waals surface area (Å²) in [7, 11) is 0. The molecule has 0 saturated carbocycles. The number of ketones is 1. The number of rotatable bonds is 2. The molecule has 1 aromatic carbocycles. The predicted molar refractivity (Wildman–Crippen MR) is 55.5 cm³/mol. The summed E-state index contributed by atoms with van der Waals surface area (Å²) in [5, 5.41) is 10.2. The van der Waals surface area contributed by atoms with Crippen molar-refractivity contribution >= 4 is 5.78 Å². The van der Waals surface area contributed by atoms with E-state index in [9.17, 15) is 9.90 Å². The van der Waals surface area contributed by atoms with Crippen LogP contribution in [0.2, 0.25) is 0 Å². The Morgan fingerprint density at radius 2 is 1.94 bits per heavy atom. The molecule has 1 heterocycles. The summed E-state index contributed by atoms with van der Waals surface area (Å²) in [6.45, 7) is 1.18. The molecule has 0 N–H and O–H groups in total. The predicted octanol–water partition coefficient (Wildman–Crippen LogP) is -2.09. The summed E-state index contributed by atoms with van der Waals surface area (Å²) in [4.78, 5) is 11.4. The standard InChI is InChI=1S/C12H12O4.Na/c13-5-4-10(14)9-2-3-11-12(8-9)16-7-1-6-15-11;/h2-5,8,13H,1,6-7H2;/q;+1/p-1. The van der Waals surface area contributed by atoms with E-state index < -0.39 is 0 Å². The molecule has 5 heteroatoms. The van der Waals surface area contributed by atoms with Gasteiger partial charge in [0.15, 0.2) is 17.3 Å². The van der Waals surface area contributed by atoms with Gasteiger partial charge in [-0.1, -0.05) is 0 Å². The summed E-state index contributed by atoms with van der Waals surface area (Å²) >= 11 is 0. The average molecular weight is 242 g/mol. The van der Waals surface area contributed by atoms with E-state index in [1.54, 1.807) is 18.2 Å². The molecule has 0 aromatic heterocycles. The smallest absolute Gasteiger partial charge is 0.878 e. The summed E-state index contributed by atoms with van der Waals surface area (Å²) in [6.07, 6.45) is 2.28. The molecule has 2 rings (SSSR count). The van der Waals surface area contributed by atoms with E-state index in [1.807, 2.05) is 0 Å². The molecule has 0 aliphatic carbocycles. The summed E-state index contributed by atoms with van der Waals surface area (Å²) in [6, 6.07) is 4.91. The van der Waals surface area contributed by atoms with Gasteiger partial charge in [0.05, 0.1) is 13.2 Å². The zero-order valence-corrected chi connectivity index (χ0v) is 11.6. The van der Waals surface area contributed by atoms with Crippen molar-refractivity contribution in [3.05, 3.63) is 36.1 Å². The van der Waals surface area contributed by atoms with Crippen LogP contribution in [0, 0.1) is 0 Å². The molecule has 17 heavy (non-hydrogen) atoms. The fraction of sp³-hybridized carbons (Fsp3) is 0.250. The molecule has 0 atom stereocenters. The molecule has 0 unspecified atom stereocenters. The number of hydrogen-bond acceptors (Lipinski definition) is 4. The second-order valence-corrected chi connectivity index (χ2v) is 3.38. The number of fused-ring (bicyclic) bond motifs is 1. The first kappa shape index (κ1) is 14.1. The van der Waals surface area contributed by atoms with Gasteiger partial charge in [-0.05, 0) is 24.3 Å². The van der Waals surface area contributed by atoms with Crippen molar-refractivity contribution < 1.29 is 48.9 Å². The molecule has 1 aliphatic rings. The van der Waals surface area contributed by atoms with E-state index in [2.05, 4.69) is 0 Å². The molecule has 0 bridgehead atoms. The van der Waals surface area contributed by atoms with Gasteiger partial charge in [0, 0.05) is 12.0 Å². The molecule has 0 saturated heterocycles. The Balaban J connectivity index is 0.00000144. The summed E-state index contributed by atoms with van der Waals surface area (Å²) < 4.78 is 10.9. The third kappa shape index (κ3) is 3.49. The van der Waals surface area contributed by atoms with E-state index >= 15 is 0 Å². The van der Waals surface area contributed by atoms with Crippen LogP contribution in [0.1, 0.15) is 16.8 Å². The van der Waals surface area contributed by atoms with Crippen molar-refractivity contribution in [3.63, 3.8) is 0 Å². The molecule has 1 aromatic rings. The van der Waals surface area contributed by atoms with E-state index in [0.717, 1.165) is 12.5 Å². The monoisotopic (exact) mass is 242 g/mol. The normalized spacial score (nSPS) is 13.9. The Morgan fingerprint density at radius 3 is 2.65 bits per heavy atom. The van der Waals surface area contributed by atoms with Crippen LogP contribution in [-0.4, -0.2) is 19.0 Å². The van der Waals surface area contributed by atoms with Crippen molar-refractivity contribution in [2.75, 3.05) is 13.2 Å². The fourth-order valence-corrected chi connectivity index (χ4v) is 1.47. The maximum Gasteiger partial charge on any atom is 1.00 e. The van der Waals surface area contributed by atoms with Crippen LogP contribution in [-0.2, 0) is 0 Å². The maximum atomic E-state index is 11.4. The van der Waals surface area contributed by atoms with E-state index in [-0.39, 0.29) is 35.3 Å². The topological polar surface area (TPSA) is 58.6 Å². The van der Waals surface area contributed by atoms with Crippen LogP contribution in [0.3, 0.4) is 0 Å². The third-order valence-electron chi connectivity index (χ3n) is 2.25. The van der Waals surface area contributed by atoms with Crippen LogP contribution in [0.15, 0.2) is 30.5 Å². The van der Waals surface area contributed by atoms with E-state index in [0.29, 0.717) is 36.5 Å². The van der Waals surface area contributed by atoms with Gasteiger partial charge in [0.2, 0.25) is 0 Å². The van der Waals surface area contributed by atoms with Crippen LogP contribution in [0.25, 0.3) is 0 Å². The fourth-order valence-electron chi connectivity index (χ4n) is 1.47. The van der Waals surface area contributed by atoms with Gasteiger partial charge in [0.1, 0.15) is 0 Å². The van der Waals surface area contributed by atoms with Crippen molar-refractivity contribution in [3.8, 4) is 11.5 Å². The van der Waals surface area contributed by atoms with Crippen LogP contribution in [0.4, 0.5) is 0 Å². The molecule has 0 radical (unpaired) electrons. The summed E-state index contributed by atoms with van der Waals surface area (Å²) in [5.74, 6) is 0.869. The van der Waals surface area contributed by atoms with Crippen LogP contribution >= 0.6 is 0 Å². The van der Waals surface area contributed by atoms with Crippen LogP contribution in [0.5, 0.6) is 11.5 Å². The molecular formula is C12H11NaO4. The van der Waals surface area contributed by atoms with Gasteiger partial charge >= 0.3 is 29.6 Å². The molecule has 4 nitrogen and oxygen atoms in total. The van der Waals surface area contributed by atoms with Crippen molar-refractivity contribution in [2.45, 2.75) is 6.42 Å². The van der Waals surface area contributed by atoms with Crippen LogP contribution < -0.4 is 44.1 Å². The minimum absolute atomic E-state index is 0. The molecule has 0 fully saturated rings. The first-order chi connectivity index (χ1) is 7.81. The van der Waals surface area contributed by atoms with E-state index in [4.69, 9.17) is 9.47 Å². The van der Waals surface area contributed by atoms with Gasteiger partial charge < -0.3 is 14.6 Å². The number of carbonyl (C=O) groups is 1. The number of hydrogen-bond donors (Lipinski definition) is 0. The largest absolute Gasteiger partial charge is 1.00 e. The van der Waals surface area contributed by atoms with Gasteiger partial charge in [-0.15, -0.1) is 6.26 Å². The van der Waals surface area contributed by atoms with Crippen molar-refractivity contribution in [1.82, 2.24) is 0 Å². The Bertz CT molecular complexity index is 429. The number of allylic oxidation sites excluding steroid dienone is 1. The number of benzene rings is 1. The zero-order valence-electron chi connectivity index (χ0n) is 9.64. The Kier molecular flexibility index (Phi) is 5.55. The summed E-state index contributed by atoms with van der Waals surface area (Å²) in [5.41, 5.74) is 0.427. The van der Waals surface area contributed by atoms with Gasteiger partial charge in [-0.3, -0.25) is 4.79 Å². The van der Waals surface area contributed by atoms with Crippen molar-refractivity contribution in [2.24, 2.45) is 0 Å². The SMILES string of the molecule is O=C(C=C[O-])c1ccc2c(c1)OCCCO2.[Na+]. The maximum absolute atomic E-state index is 11.4. The zero-order chi connectivity index (χ0) is 11.4.